The maximum Gasteiger partial charge on any atom is 0.328 e. The number of hydrogen-bond acceptors (Lipinski definition) is 6. The monoisotopic (exact) mass is 384 g/mol. The van der Waals surface area contributed by atoms with Gasteiger partial charge in [0, 0.05) is 6.42 Å². The second kappa shape index (κ2) is 9.23. The van der Waals surface area contributed by atoms with Crippen LogP contribution in [0.1, 0.15) is 12.5 Å². The average molecular weight is 384 g/mol. The van der Waals surface area contributed by atoms with Crippen molar-refractivity contribution in [3.8, 4) is 0 Å². The molecular weight excluding hydrogens is 364 g/mol. The van der Waals surface area contributed by atoms with E-state index in [0.717, 1.165) is 11.1 Å². The second-order valence-corrected chi connectivity index (χ2v) is 6.72. The molecule has 140 valence electrons. The average Bonchev–Trinajstić information content (AvgIpc) is 3.10. The van der Waals surface area contributed by atoms with Crippen LogP contribution in [-0.4, -0.2) is 35.3 Å². The van der Waals surface area contributed by atoms with Crippen molar-refractivity contribution in [2.24, 2.45) is 0 Å². The predicted molar refractivity (Wildman–Crippen MR) is 103 cm³/mol. The quantitative estimate of drug-likeness (QED) is 0.474. The molecule has 7 heteroatoms. The van der Waals surface area contributed by atoms with Gasteiger partial charge < -0.3 is 14.5 Å². The van der Waals surface area contributed by atoms with Crippen molar-refractivity contribution in [3.05, 3.63) is 60.2 Å². The van der Waals surface area contributed by atoms with Gasteiger partial charge in [0.25, 0.3) is 5.22 Å². The number of thioether (sulfide) groups is 1. The van der Waals surface area contributed by atoms with E-state index < -0.39 is 12.0 Å². The molecule has 0 spiro atoms. The van der Waals surface area contributed by atoms with E-state index in [9.17, 15) is 9.59 Å². The van der Waals surface area contributed by atoms with Gasteiger partial charge in [-0.3, -0.25) is 4.79 Å². The van der Waals surface area contributed by atoms with Crippen LogP contribution in [0.2, 0.25) is 0 Å². The predicted octanol–water partition coefficient (Wildman–Crippen LogP) is 3.21. The van der Waals surface area contributed by atoms with Crippen LogP contribution in [0.4, 0.5) is 0 Å². The molecule has 1 N–H and O–H groups in total. The number of benzene rings is 2. The van der Waals surface area contributed by atoms with Crippen LogP contribution >= 0.6 is 11.8 Å². The van der Waals surface area contributed by atoms with Crippen molar-refractivity contribution in [2.75, 3.05) is 12.4 Å². The molecule has 0 aliphatic carbocycles. The molecule has 6 nitrogen and oxygen atoms in total. The van der Waals surface area contributed by atoms with Gasteiger partial charge in [0.05, 0.1) is 12.4 Å². The zero-order valence-electron chi connectivity index (χ0n) is 14.9. The molecule has 0 bridgehead atoms. The number of rotatable bonds is 8. The Bertz CT molecular complexity index is 878. The third-order valence-corrected chi connectivity index (χ3v) is 4.62. The molecule has 1 atom stereocenters. The Morgan fingerprint density at radius 3 is 2.63 bits per heavy atom. The summed E-state index contributed by atoms with van der Waals surface area (Å²) >= 11 is 1.19. The number of amides is 1. The van der Waals surface area contributed by atoms with Gasteiger partial charge in [-0.25, -0.2) is 9.78 Å². The van der Waals surface area contributed by atoms with Crippen molar-refractivity contribution >= 4 is 34.7 Å². The van der Waals surface area contributed by atoms with E-state index in [2.05, 4.69) is 10.3 Å². The largest absolute Gasteiger partial charge is 0.464 e. The number of hydrogen-bond donors (Lipinski definition) is 1. The molecule has 3 aromatic rings. The maximum absolute atomic E-state index is 12.3. The minimum atomic E-state index is -0.732. The molecule has 0 radical (unpaired) electrons. The fraction of sp³-hybridized carbons (Fsp3) is 0.250. The lowest BCUT2D eigenvalue weighted by Gasteiger charge is -2.17. The van der Waals surface area contributed by atoms with Crippen molar-refractivity contribution in [1.82, 2.24) is 10.3 Å². The first-order valence-corrected chi connectivity index (χ1v) is 9.62. The summed E-state index contributed by atoms with van der Waals surface area (Å²) in [5.41, 5.74) is 2.37. The lowest BCUT2D eigenvalue weighted by Crippen LogP contribution is -2.44. The van der Waals surface area contributed by atoms with Crippen LogP contribution in [0.15, 0.2) is 64.2 Å². The van der Waals surface area contributed by atoms with Crippen LogP contribution in [-0.2, 0) is 20.7 Å². The SMILES string of the molecule is CCOC(=O)C(Cc1ccccc1)NC(=O)CSc1nc2ccccc2o1. The summed E-state index contributed by atoms with van der Waals surface area (Å²) in [5, 5.41) is 3.17. The molecular formula is C20H20N2O4S. The van der Waals surface area contributed by atoms with E-state index in [1.165, 1.54) is 11.8 Å². The molecule has 3 rings (SSSR count). The lowest BCUT2D eigenvalue weighted by molar-refractivity contribution is -0.147. The van der Waals surface area contributed by atoms with Crippen molar-refractivity contribution in [2.45, 2.75) is 24.6 Å². The van der Waals surface area contributed by atoms with E-state index in [4.69, 9.17) is 9.15 Å². The van der Waals surface area contributed by atoms with E-state index in [-0.39, 0.29) is 18.3 Å². The maximum atomic E-state index is 12.3. The molecule has 1 unspecified atom stereocenters. The number of nitrogens with one attached hydrogen (secondary N) is 1. The Morgan fingerprint density at radius 2 is 1.89 bits per heavy atom. The molecule has 0 aliphatic heterocycles. The topological polar surface area (TPSA) is 81.4 Å². The van der Waals surface area contributed by atoms with Gasteiger partial charge in [0.15, 0.2) is 5.58 Å². The first-order valence-electron chi connectivity index (χ1n) is 8.64. The summed E-state index contributed by atoms with van der Waals surface area (Å²) in [6.45, 7) is 2.00. The number of nitrogens with zero attached hydrogens (tertiary/aromatic N) is 1. The smallest absolute Gasteiger partial charge is 0.328 e. The van der Waals surface area contributed by atoms with Gasteiger partial charge in [-0.2, -0.15) is 0 Å². The van der Waals surface area contributed by atoms with Crippen LogP contribution in [0, 0.1) is 0 Å². The van der Waals surface area contributed by atoms with Gasteiger partial charge in [-0.1, -0.05) is 54.2 Å². The number of aromatic nitrogens is 1. The van der Waals surface area contributed by atoms with Crippen LogP contribution < -0.4 is 5.32 Å². The minimum Gasteiger partial charge on any atom is -0.464 e. The summed E-state index contributed by atoms with van der Waals surface area (Å²) in [6, 6.07) is 16.2. The molecule has 27 heavy (non-hydrogen) atoms. The van der Waals surface area contributed by atoms with Gasteiger partial charge in [0.2, 0.25) is 5.91 Å². The number of ether oxygens (including phenoxy) is 1. The van der Waals surface area contributed by atoms with Gasteiger partial charge in [-0.05, 0) is 24.6 Å². The third-order valence-electron chi connectivity index (χ3n) is 3.79. The van der Waals surface area contributed by atoms with E-state index in [1.807, 2.05) is 54.6 Å². The number of oxazole rings is 1. The fourth-order valence-corrected chi connectivity index (χ4v) is 3.21. The molecule has 2 aromatic carbocycles. The Kier molecular flexibility index (Phi) is 6.49. The molecule has 0 aliphatic rings. The highest BCUT2D eigenvalue weighted by molar-refractivity contribution is 7.99. The summed E-state index contributed by atoms with van der Waals surface area (Å²) in [7, 11) is 0. The summed E-state index contributed by atoms with van der Waals surface area (Å²) in [4.78, 5) is 28.9. The number of carbonyl (C=O) groups is 2. The molecule has 1 heterocycles. The van der Waals surface area contributed by atoms with E-state index >= 15 is 0 Å². The Morgan fingerprint density at radius 1 is 1.15 bits per heavy atom. The van der Waals surface area contributed by atoms with Gasteiger partial charge in [-0.15, -0.1) is 0 Å². The number of carbonyl (C=O) groups excluding carboxylic acids is 2. The standard InChI is InChI=1S/C20H20N2O4S/c1-2-25-19(24)16(12-14-8-4-3-5-9-14)21-18(23)13-27-20-22-15-10-6-7-11-17(15)26-20/h3-11,16H,2,12-13H2,1H3,(H,21,23). The summed E-state index contributed by atoms with van der Waals surface area (Å²) < 4.78 is 10.7. The minimum absolute atomic E-state index is 0.0948. The summed E-state index contributed by atoms with van der Waals surface area (Å²) in [5.74, 6) is -0.629. The van der Waals surface area contributed by atoms with Crippen LogP contribution in [0.25, 0.3) is 11.1 Å². The zero-order chi connectivity index (χ0) is 19.1. The number of fused-ring (bicyclic) bond motifs is 1. The molecule has 1 amide bonds. The van der Waals surface area contributed by atoms with Crippen LogP contribution in [0.5, 0.6) is 0 Å². The fourth-order valence-electron chi connectivity index (χ4n) is 2.56. The van der Waals surface area contributed by atoms with E-state index in [0.29, 0.717) is 17.2 Å². The molecule has 0 fully saturated rings. The van der Waals surface area contributed by atoms with Crippen molar-refractivity contribution < 1.29 is 18.7 Å². The van der Waals surface area contributed by atoms with Crippen LogP contribution in [0.3, 0.4) is 0 Å². The van der Waals surface area contributed by atoms with Gasteiger partial charge >= 0.3 is 5.97 Å². The first kappa shape index (κ1) is 19.0. The highest BCUT2D eigenvalue weighted by Crippen LogP contribution is 2.22. The van der Waals surface area contributed by atoms with Gasteiger partial charge in [0.1, 0.15) is 11.6 Å². The first-order chi connectivity index (χ1) is 13.2. The molecule has 0 saturated heterocycles. The lowest BCUT2D eigenvalue weighted by atomic mass is 10.1. The molecule has 0 saturated carbocycles. The van der Waals surface area contributed by atoms with Crippen molar-refractivity contribution in [1.29, 1.82) is 0 Å². The highest BCUT2D eigenvalue weighted by Gasteiger charge is 2.22. The molecule has 1 aromatic heterocycles. The van der Waals surface area contributed by atoms with Crippen molar-refractivity contribution in [3.63, 3.8) is 0 Å². The Balaban J connectivity index is 1.60. The second-order valence-electron chi connectivity index (χ2n) is 5.80. The summed E-state index contributed by atoms with van der Waals surface area (Å²) in [6.07, 6.45) is 0.374. The van der Waals surface area contributed by atoms with E-state index in [1.54, 1.807) is 6.92 Å². The number of esters is 1. The highest BCUT2D eigenvalue weighted by atomic mass is 32.2. The Hall–Kier alpha value is -2.80. The zero-order valence-corrected chi connectivity index (χ0v) is 15.7. The third kappa shape index (κ3) is 5.34. The number of para-hydroxylation sites is 2. The normalized spacial score (nSPS) is 11.9. The Labute approximate surface area is 161 Å².